The standard InChI is InChI=1S/C24H29F2N3O4S/c1-24(2,3)33-23(30)27-14-11-17(12-15-27)13-16-28-20-9-4-5-10-21(20)29(34(28,31)32)22-18(25)7-6-8-19(22)26/h4-10,17H,11-16H2,1-3H3. The van der Waals surface area contributed by atoms with Crippen LogP contribution in [0, 0.1) is 17.6 Å². The summed E-state index contributed by atoms with van der Waals surface area (Å²) in [6, 6.07) is 9.78. The highest BCUT2D eigenvalue weighted by molar-refractivity contribution is 7.95. The van der Waals surface area contributed by atoms with Crippen LogP contribution in [0.3, 0.4) is 0 Å². The normalized spacial score (nSPS) is 18.2. The molecule has 0 saturated carbocycles. The number of piperidine rings is 1. The van der Waals surface area contributed by atoms with Gasteiger partial charge in [-0.25, -0.2) is 17.9 Å². The third-order valence-electron chi connectivity index (χ3n) is 6.03. The smallest absolute Gasteiger partial charge is 0.410 e. The number of carbonyl (C=O) groups is 1. The Morgan fingerprint density at radius 1 is 1.00 bits per heavy atom. The molecule has 2 aliphatic rings. The number of amides is 1. The van der Waals surface area contributed by atoms with E-state index < -0.39 is 33.1 Å². The first-order chi connectivity index (χ1) is 16.0. The maximum absolute atomic E-state index is 14.5. The second kappa shape index (κ2) is 9.05. The number of hydrogen-bond donors (Lipinski definition) is 0. The summed E-state index contributed by atoms with van der Waals surface area (Å²) in [6.07, 6.45) is 1.66. The molecule has 4 rings (SSSR count). The van der Waals surface area contributed by atoms with Crippen molar-refractivity contribution in [1.29, 1.82) is 0 Å². The topological polar surface area (TPSA) is 70.2 Å². The molecule has 34 heavy (non-hydrogen) atoms. The van der Waals surface area contributed by atoms with Crippen LogP contribution >= 0.6 is 0 Å². The number of hydrogen-bond acceptors (Lipinski definition) is 4. The minimum absolute atomic E-state index is 0.170. The van der Waals surface area contributed by atoms with Crippen LogP contribution in [-0.2, 0) is 14.9 Å². The first-order valence-electron chi connectivity index (χ1n) is 11.3. The number of fused-ring (bicyclic) bond motifs is 1. The van der Waals surface area contributed by atoms with E-state index in [1.807, 2.05) is 20.8 Å². The molecule has 0 spiro atoms. The van der Waals surface area contributed by atoms with E-state index in [4.69, 9.17) is 4.74 Å². The monoisotopic (exact) mass is 493 g/mol. The highest BCUT2D eigenvalue weighted by Crippen LogP contribution is 2.46. The number of anilines is 3. The van der Waals surface area contributed by atoms with Crippen molar-refractivity contribution in [3.05, 3.63) is 54.1 Å². The number of nitrogens with zero attached hydrogens (tertiary/aromatic N) is 3. The van der Waals surface area contributed by atoms with E-state index in [1.54, 1.807) is 23.1 Å². The Balaban J connectivity index is 1.48. The van der Waals surface area contributed by atoms with Gasteiger partial charge in [0.25, 0.3) is 0 Å². The molecule has 184 valence electrons. The van der Waals surface area contributed by atoms with Crippen LogP contribution in [0.25, 0.3) is 0 Å². The predicted octanol–water partition coefficient (Wildman–Crippen LogP) is 5.20. The summed E-state index contributed by atoms with van der Waals surface area (Å²) in [6.45, 7) is 6.71. The van der Waals surface area contributed by atoms with Crippen molar-refractivity contribution in [3.63, 3.8) is 0 Å². The molecule has 0 radical (unpaired) electrons. The van der Waals surface area contributed by atoms with Gasteiger partial charge in [0.1, 0.15) is 11.3 Å². The van der Waals surface area contributed by atoms with Crippen molar-refractivity contribution in [2.45, 2.75) is 45.6 Å². The fourth-order valence-electron chi connectivity index (χ4n) is 4.38. The number of para-hydroxylation sites is 3. The van der Waals surface area contributed by atoms with Gasteiger partial charge in [-0.2, -0.15) is 8.42 Å². The number of benzene rings is 2. The number of carbonyl (C=O) groups excluding carboxylic acids is 1. The lowest BCUT2D eigenvalue weighted by Crippen LogP contribution is -2.42. The lowest BCUT2D eigenvalue weighted by molar-refractivity contribution is 0.0182. The molecule has 0 bridgehead atoms. The average molecular weight is 494 g/mol. The minimum Gasteiger partial charge on any atom is -0.444 e. The van der Waals surface area contributed by atoms with E-state index in [0.717, 1.165) is 29.3 Å². The van der Waals surface area contributed by atoms with Gasteiger partial charge in [0.05, 0.1) is 11.4 Å². The van der Waals surface area contributed by atoms with Crippen molar-refractivity contribution in [2.75, 3.05) is 28.2 Å². The van der Waals surface area contributed by atoms with E-state index in [-0.39, 0.29) is 24.2 Å². The zero-order chi connectivity index (χ0) is 24.7. The summed E-state index contributed by atoms with van der Waals surface area (Å²) in [5.41, 5.74) is -0.569. The van der Waals surface area contributed by atoms with Crippen LogP contribution < -0.4 is 8.61 Å². The second-order valence-corrected chi connectivity index (χ2v) is 11.3. The summed E-state index contributed by atoms with van der Waals surface area (Å²) in [5.74, 6) is -1.69. The summed E-state index contributed by atoms with van der Waals surface area (Å²) < 4.78 is 63.4. The van der Waals surface area contributed by atoms with Gasteiger partial charge >= 0.3 is 16.3 Å². The first kappa shape index (κ1) is 24.3. The lowest BCUT2D eigenvalue weighted by atomic mass is 9.93. The maximum Gasteiger partial charge on any atom is 0.410 e. The maximum atomic E-state index is 14.5. The van der Waals surface area contributed by atoms with Crippen LogP contribution in [0.15, 0.2) is 42.5 Å². The molecule has 7 nitrogen and oxygen atoms in total. The molecule has 2 aromatic rings. The molecule has 0 unspecified atom stereocenters. The summed E-state index contributed by atoms with van der Waals surface area (Å²) >= 11 is 0. The van der Waals surface area contributed by atoms with Gasteiger partial charge in [0, 0.05) is 19.6 Å². The fourth-order valence-corrected chi connectivity index (χ4v) is 6.12. The van der Waals surface area contributed by atoms with Gasteiger partial charge in [0.2, 0.25) is 0 Å². The Kier molecular flexibility index (Phi) is 6.46. The summed E-state index contributed by atoms with van der Waals surface area (Å²) in [7, 11) is -4.23. The predicted molar refractivity (Wildman–Crippen MR) is 126 cm³/mol. The summed E-state index contributed by atoms with van der Waals surface area (Å²) in [4.78, 5) is 14.0. The van der Waals surface area contributed by atoms with Crippen LogP contribution in [0.1, 0.15) is 40.0 Å². The van der Waals surface area contributed by atoms with E-state index in [2.05, 4.69) is 0 Å². The van der Waals surface area contributed by atoms with Crippen molar-refractivity contribution in [1.82, 2.24) is 4.90 Å². The van der Waals surface area contributed by atoms with Gasteiger partial charge < -0.3 is 9.64 Å². The second-order valence-electron chi connectivity index (χ2n) is 9.60. The van der Waals surface area contributed by atoms with Crippen molar-refractivity contribution >= 4 is 33.4 Å². The van der Waals surface area contributed by atoms with E-state index in [9.17, 15) is 22.0 Å². The van der Waals surface area contributed by atoms with E-state index in [1.165, 1.54) is 16.4 Å². The molecule has 10 heteroatoms. The Morgan fingerprint density at radius 2 is 1.59 bits per heavy atom. The van der Waals surface area contributed by atoms with E-state index >= 15 is 0 Å². The van der Waals surface area contributed by atoms with Crippen molar-refractivity contribution in [3.8, 4) is 0 Å². The van der Waals surface area contributed by atoms with Gasteiger partial charge in [-0.05, 0) is 70.2 Å². The fraction of sp³-hybridized carbons (Fsp3) is 0.458. The summed E-state index contributed by atoms with van der Waals surface area (Å²) in [5, 5.41) is 0. The highest BCUT2D eigenvalue weighted by atomic mass is 32.2. The van der Waals surface area contributed by atoms with Crippen molar-refractivity contribution < 1.29 is 26.7 Å². The zero-order valence-electron chi connectivity index (χ0n) is 19.5. The molecule has 2 aliphatic heterocycles. The number of rotatable bonds is 4. The Labute approximate surface area is 199 Å². The molecular formula is C24H29F2N3O4S. The minimum atomic E-state index is -4.23. The van der Waals surface area contributed by atoms with Gasteiger partial charge in [0.15, 0.2) is 11.6 Å². The molecule has 0 N–H and O–H groups in total. The highest BCUT2D eigenvalue weighted by Gasteiger charge is 2.43. The third kappa shape index (κ3) is 4.68. The number of halogens is 2. The molecule has 2 aromatic carbocycles. The first-order valence-corrected chi connectivity index (χ1v) is 12.7. The lowest BCUT2D eigenvalue weighted by Gasteiger charge is -2.34. The van der Waals surface area contributed by atoms with Crippen LogP contribution in [0.2, 0.25) is 0 Å². The van der Waals surface area contributed by atoms with Crippen LogP contribution in [-0.4, -0.2) is 44.6 Å². The van der Waals surface area contributed by atoms with Crippen LogP contribution in [0.5, 0.6) is 0 Å². The van der Waals surface area contributed by atoms with Crippen molar-refractivity contribution in [2.24, 2.45) is 5.92 Å². The van der Waals surface area contributed by atoms with Gasteiger partial charge in [-0.1, -0.05) is 18.2 Å². The number of ether oxygens (including phenoxy) is 1. The quantitative estimate of drug-likeness (QED) is 0.587. The molecule has 1 amide bonds. The zero-order valence-corrected chi connectivity index (χ0v) is 20.3. The molecule has 1 saturated heterocycles. The largest absolute Gasteiger partial charge is 0.444 e. The molecule has 0 aromatic heterocycles. The molecular weight excluding hydrogens is 464 g/mol. The van der Waals surface area contributed by atoms with Gasteiger partial charge in [-0.15, -0.1) is 0 Å². The molecule has 0 atom stereocenters. The molecule has 2 heterocycles. The SMILES string of the molecule is CC(C)(C)OC(=O)N1CCC(CCN2c3ccccc3N(c3c(F)cccc3F)S2(=O)=O)CC1. The molecule has 1 fully saturated rings. The Morgan fingerprint density at radius 3 is 2.18 bits per heavy atom. The third-order valence-corrected chi connectivity index (χ3v) is 7.80. The Bertz CT molecular complexity index is 1150. The number of likely N-dealkylation sites (tertiary alicyclic amines) is 1. The average Bonchev–Trinajstić information content (AvgIpc) is 2.98. The Hall–Kier alpha value is -2.88. The van der Waals surface area contributed by atoms with Gasteiger partial charge in [-0.3, -0.25) is 4.31 Å². The van der Waals surface area contributed by atoms with Crippen LogP contribution in [0.4, 0.5) is 30.6 Å². The molecule has 0 aliphatic carbocycles. The van der Waals surface area contributed by atoms with E-state index in [0.29, 0.717) is 25.2 Å².